The molecule has 1 N–H and O–H groups in total. The van der Waals surface area contributed by atoms with Crippen molar-refractivity contribution in [1.29, 1.82) is 0 Å². The van der Waals surface area contributed by atoms with Gasteiger partial charge in [0.2, 0.25) is 10.0 Å². The fraction of sp³-hybridized carbons (Fsp3) is 0.316. The van der Waals surface area contributed by atoms with Crippen molar-refractivity contribution in [2.45, 2.75) is 37.6 Å². The first-order valence-corrected chi connectivity index (χ1v) is 10.1. The van der Waals surface area contributed by atoms with Crippen molar-refractivity contribution in [2.24, 2.45) is 0 Å². The summed E-state index contributed by atoms with van der Waals surface area (Å²) in [5.74, 6) is -1.13. The Morgan fingerprint density at radius 2 is 1.66 bits per heavy atom. The summed E-state index contributed by atoms with van der Waals surface area (Å²) >= 11 is 0. The highest BCUT2D eigenvalue weighted by Crippen LogP contribution is 2.25. The normalized spacial score (nSPS) is 13.0. The number of nitrogens with one attached hydrogen (secondary N) is 1. The van der Waals surface area contributed by atoms with Crippen LogP contribution in [0.2, 0.25) is 0 Å². The van der Waals surface area contributed by atoms with Crippen LogP contribution in [0.4, 0.5) is 13.2 Å². The predicted molar refractivity (Wildman–Crippen MR) is 98.6 cm³/mol. The molecule has 1 unspecified atom stereocenters. The van der Waals surface area contributed by atoms with Gasteiger partial charge in [0, 0.05) is 0 Å². The van der Waals surface area contributed by atoms with E-state index in [1.807, 2.05) is 6.92 Å². The number of alkyl halides is 3. The van der Waals surface area contributed by atoms with Gasteiger partial charge in [0.1, 0.15) is 5.75 Å². The maximum absolute atomic E-state index is 12.7. The second kappa shape index (κ2) is 9.27. The van der Waals surface area contributed by atoms with E-state index in [-0.39, 0.29) is 17.9 Å². The fourth-order valence-corrected chi connectivity index (χ4v) is 3.71. The van der Waals surface area contributed by atoms with E-state index >= 15 is 0 Å². The largest absolute Gasteiger partial charge is 0.573 e. The van der Waals surface area contributed by atoms with Gasteiger partial charge in [0.25, 0.3) is 0 Å². The quantitative estimate of drug-likeness (QED) is 0.642. The van der Waals surface area contributed by atoms with Crippen molar-refractivity contribution in [1.82, 2.24) is 4.72 Å². The first-order chi connectivity index (χ1) is 13.5. The van der Waals surface area contributed by atoms with Gasteiger partial charge in [0.15, 0.2) is 0 Å². The van der Waals surface area contributed by atoms with E-state index in [0.717, 1.165) is 29.8 Å². The third-order valence-corrected chi connectivity index (χ3v) is 5.31. The molecule has 10 heteroatoms. The number of benzene rings is 2. The first-order valence-electron chi connectivity index (χ1n) is 8.60. The minimum absolute atomic E-state index is 0.146. The second-order valence-corrected chi connectivity index (χ2v) is 7.83. The van der Waals surface area contributed by atoms with Crippen LogP contribution in [0.1, 0.15) is 30.5 Å². The molecule has 0 aromatic heterocycles. The number of esters is 1. The van der Waals surface area contributed by atoms with Crippen LogP contribution in [0.5, 0.6) is 5.75 Å². The lowest BCUT2D eigenvalue weighted by atomic mass is 10.0. The minimum atomic E-state index is -4.88. The lowest BCUT2D eigenvalue weighted by Crippen LogP contribution is -2.30. The molecule has 0 saturated carbocycles. The lowest BCUT2D eigenvalue weighted by molar-refractivity contribution is -0.274. The number of sulfonamides is 1. The Bertz CT molecular complexity index is 926. The Balaban J connectivity index is 2.25. The molecule has 1 atom stereocenters. The summed E-state index contributed by atoms with van der Waals surface area (Å²) in [5, 5.41) is 0. The minimum Gasteiger partial charge on any atom is -0.466 e. The van der Waals surface area contributed by atoms with Gasteiger partial charge in [-0.05, 0) is 43.7 Å². The standard InChI is InChI=1S/C19H20F3NO5S/c1-3-27-18(24)12-17(14-6-4-13(2)5-7-14)23-29(25,26)16-10-8-15(9-11-16)28-19(20,21)22/h4-11,17,23H,3,12H2,1-2H3. The maximum atomic E-state index is 12.7. The van der Waals surface area contributed by atoms with E-state index in [1.54, 1.807) is 31.2 Å². The zero-order valence-electron chi connectivity index (χ0n) is 15.7. The molecule has 29 heavy (non-hydrogen) atoms. The summed E-state index contributed by atoms with van der Waals surface area (Å²) in [7, 11) is -4.13. The predicted octanol–water partition coefficient (Wildman–Crippen LogP) is 3.87. The molecular weight excluding hydrogens is 411 g/mol. The highest BCUT2D eigenvalue weighted by Gasteiger charge is 2.31. The van der Waals surface area contributed by atoms with Gasteiger partial charge in [-0.25, -0.2) is 13.1 Å². The summed E-state index contributed by atoms with van der Waals surface area (Å²) in [5.41, 5.74) is 1.50. The molecule has 0 aliphatic carbocycles. The van der Waals surface area contributed by atoms with Crippen LogP contribution < -0.4 is 9.46 Å². The van der Waals surface area contributed by atoms with Crippen molar-refractivity contribution in [3.05, 3.63) is 59.7 Å². The Morgan fingerprint density at radius 1 is 1.07 bits per heavy atom. The molecule has 0 radical (unpaired) electrons. The summed E-state index contributed by atoms with van der Waals surface area (Å²) in [4.78, 5) is 11.6. The van der Waals surface area contributed by atoms with Crippen molar-refractivity contribution < 1.29 is 35.9 Å². The number of rotatable bonds is 8. The van der Waals surface area contributed by atoms with Crippen LogP contribution in [0.3, 0.4) is 0 Å². The van der Waals surface area contributed by atoms with Crippen molar-refractivity contribution in [3.63, 3.8) is 0 Å². The molecule has 0 saturated heterocycles. The van der Waals surface area contributed by atoms with Crippen molar-refractivity contribution in [2.75, 3.05) is 6.61 Å². The van der Waals surface area contributed by atoms with Gasteiger partial charge in [-0.1, -0.05) is 29.8 Å². The van der Waals surface area contributed by atoms with Crippen molar-refractivity contribution >= 4 is 16.0 Å². The van der Waals surface area contributed by atoms with E-state index in [1.165, 1.54) is 0 Å². The van der Waals surface area contributed by atoms with E-state index in [9.17, 15) is 26.4 Å². The zero-order chi connectivity index (χ0) is 21.7. The highest BCUT2D eigenvalue weighted by atomic mass is 32.2. The number of carbonyl (C=O) groups excluding carboxylic acids is 1. The number of halogens is 3. The van der Waals surface area contributed by atoms with Gasteiger partial charge in [0.05, 0.1) is 24.0 Å². The van der Waals surface area contributed by atoms with Gasteiger partial charge in [-0.3, -0.25) is 4.79 Å². The van der Waals surface area contributed by atoms with Gasteiger partial charge >= 0.3 is 12.3 Å². The zero-order valence-corrected chi connectivity index (χ0v) is 16.5. The van der Waals surface area contributed by atoms with Gasteiger partial charge in [-0.2, -0.15) is 0 Å². The van der Waals surface area contributed by atoms with E-state index in [2.05, 4.69) is 9.46 Å². The van der Waals surface area contributed by atoms with Crippen molar-refractivity contribution in [3.8, 4) is 5.75 Å². The average Bonchev–Trinajstić information content (AvgIpc) is 2.61. The van der Waals surface area contributed by atoms with Crippen LogP contribution in [0, 0.1) is 6.92 Å². The molecule has 0 fully saturated rings. The summed E-state index contributed by atoms with van der Waals surface area (Å²) < 4.78 is 73.2. The van der Waals surface area contributed by atoms with Gasteiger partial charge in [-0.15, -0.1) is 13.2 Å². The molecule has 0 aliphatic heterocycles. The van der Waals surface area contributed by atoms with Crippen LogP contribution in [-0.4, -0.2) is 27.4 Å². The SMILES string of the molecule is CCOC(=O)CC(NS(=O)(=O)c1ccc(OC(F)(F)F)cc1)c1ccc(C)cc1. The third kappa shape index (κ3) is 7.06. The summed E-state index contributed by atoms with van der Waals surface area (Å²) in [6.07, 6.45) is -5.12. The molecule has 158 valence electrons. The number of carbonyl (C=O) groups is 1. The second-order valence-electron chi connectivity index (χ2n) is 6.11. The molecule has 2 aromatic rings. The number of hydrogen-bond donors (Lipinski definition) is 1. The van der Waals surface area contributed by atoms with E-state index < -0.39 is 34.1 Å². The molecule has 0 heterocycles. The Kier molecular flexibility index (Phi) is 7.26. The molecule has 0 bridgehead atoms. The third-order valence-electron chi connectivity index (χ3n) is 3.82. The number of ether oxygens (including phenoxy) is 2. The van der Waals surface area contributed by atoms with Gasteiger partial charge < -0.3 is 9.47 Å². The topological polar surface area (TPSA) is 81.7 Å². The molecule has 0 aliphatic rings. The molecule has 0 amide bonds. The molecule has 2 rings (SSSR count). The van der Waals surface area contributed by atoms with Crippen LogP contribution in [0.15, 0.2) is 53.4 Å². The first kappa shape index (κ1) is 22.7. The summed E-state index contributed by atoms with van der Waals surface area (Å²) in [6, 6.07) is 9.76. The Labute approximate surface area is 166 Å². The Morgan fingerprint density at radius 3 is 2.17 bits per heavy atom. The fourth-order valence-electron chi connectivity index (χ4n) is 2.49. The lowest BCUT2D eigenvalue weighted by Gasteiger charge is -2.19. The molecular formula is C19H20F3NO5S. The Hall–Kier alpha value is -2.59. The molecule has 2 aromatic carbocycles. The number of hydrogen-bond acceptors (Lipinski definition) is 5. The van der Waals surface area contributed by atoms with E-state index in [0.29, 0.717) is 5.56 Å². The van der Waals surface area contributed by atoms with Crippen LogP contribution in [-0.2, 0) is 19.6 Å². The maximum Gasteiger partial charge on any atom is 0.573 e. The molecule has 0 spiro atoms. The smallest absolute Gasteiger partial charge is 0.466 e. The number of aryl methyl sites for hydroxylation is 1. The average molecular weight is 431 g/mol. The van der Waals surface area contributed by atoms with E-state index in [4.69, 9.17) is 4.74 Å². The van der Waals surface area contributed by atoms with Crippen LogP contribution >= 0.6 is 0 Å². The highest BCUT2D eigenvalue weighted by molar-refractivity contribution is 7.89. The summed E-state index contributed by atoms with van der Waals surface area (Å²) in [6.45, 7) is 3.64. The van der Waals surface area contributed by atoms with Crippen LogP contribution in [0.25, 0.3) is 0 Å². The molecule has 6 nitrogen and oxygen atoms in total. The monoisotopic (exact) mass is 431 g/mol.